The van der Waals surface area contributed by atoms with Crippen LogP contribution in [0, 0.1) is 17.1 Å². The van der Waals surface area contributed by atoms with Crippen molar-refractivity contribution in [1.82, 2.24) is 10.2 Å². The lowest BCUT2D eigenvalue weighted by atomic mass is 9.82. The van der Waals surface area contributed by atoms with Crippen LogP contribution in [0.5, 0.6) is 23.1 Å². The molecule has 0 radical (unpaired) electrons. The molecule has 8 nitrogen and oxygen atoms in total. The smallest absolute Gasteiger partial charge is 0.244 e. The highest BCUT2D eigenvalue weighted by atomic mass is 19.1. The fourth-order valence-electron chi connectivity index (χ4n) is 3.68. The number of allylic oxidation sites excluding steroid dienone is 1. The minimum Gasteiger partial charge on any atom is -0.493 e. The second-order valence-electron chi connectivity index (χ2n) is 6.71. The van der Waals surface area contributed by atoms with Gasteiger partial charge in [0.15, 0.2) is 11.5 Å². The van der Waals surface area contributed by atoms with E-state index in [1.165, 1.54) is 33.5 Å². The summed E-state index contributed by atoms with van der Waals surface area (Å²) in [7, 11) is 4.52. The lowest BCUT2D eigenvalue weighted by molar-refractivity contribution is 0.323. The van der Waals surface area contributed by atoms with E-state index in [0.717, 1.165) is 0 Å². The van der Waals surface area contributed by atoms with E-state index in [1.54, 1.807) is 24.3 Å². The van der Waals surface area contributed by atoms with Crippen LogP contribution in [0.4, 0.5) is 4.39 Å². The topological polar surface area (TPSA) is 115 Å². The summed E-state index contributed by atoms with van der Waals surface area (Å²) in [6.07, 6.45) is 0. The van der Waals surface area contributed by atoms with Gasteiger partial charge >= 0.3 is 0 Å². The zero-order valence-corrected chi connectivity index (χ0v) is 17.0. The third-order valence-electron chi connectivity index (χ3n) is 5.09. The van der Waals surface area contributed by atoms with Crippen molar-refractivity contribution >= 4 is 0 Å². The maximum Gasteiger partial charge on any atom is 0.244 e. The molecule has 1 aliphatic heterocycles. The Morgan fingerprint density at radius 3 is 2.29 bits per heavy atom. The van der Waals surface area contributed by atoms with Crippen molar-refractivity contribution < 1.29 is 23.3 Å². The van der Waals surface area contributed by atoms with Crippen LogP contribution in [0.2, 0.25) is 0 Å². The summed E-state index contributed by atoms with van der Waals surface area (Å²) in [6, 6.07) is 11.5. The van der Waals surface area contributed by atoms with Crippen molar-refractivity contribution in [2.45, 2.75) is 5.92 Å². The maximum absolute atomic E-state index is 13.5. The zero-order valence-electron chi connectivity index (χ0n) is 17.0. The summed E-state index contributed by atoms with van der Waals surface area (Å²) in [6.45, 7) is 0. The van der Waals surface area contributed by atoms with Crippen LogP contribution in [0.1, 0.15) is 17.0 Å². The first-order chi connectivity index (χ1) is 15.0. The third-order valence-corrected chi connectivity index (χ3v) is 5.09. The lowest BCUT2D eigenvalue weighted by Gasteiger charge is -2.25. The van der Waals surface area contributed by atoms with Gasteiger partial charge in [-0.05, 0) is 42.0 Å². The Labute approximate surface area is 177 Å². The van der Waals surface area contributed by atoms with Gasteiger partial charge in [-0.15, -0.1) is 5.10 Å². The Bertz CT molecular complexity index is 1190. The molecule has 0 amide bonds. The van der Waals surface area contributed by atoms with E-state index in [-0.39, 0.29) is 23.2 Å². The number of hydrogen-bond donors (Lipinski definition) is 2. The molecule has 0 saturated heterocycles. The van der Waals surface area contributed by atoms with E-state index >= 15 is 0 Å². The Hall–Kier alpha value is -4.19. The number of hydrogen-bond acceptors (Lipinski definition) is 7. The van der Waals surface area contributed by atoms with E-state index in [9.17, 15) is 9.65 Å². The molecule has 0 spiro atoms. The van der Waals surface area contributed by atoms with Gasteiger partial charge in [0.1, 0.15) is 17.5 Å². The molecule has 1 atom stereocenters. The molecule has 158 valence electrons. The molecule has 9 heteroatoms. The second-order valence-corrected chi connectivity index (χ2v) is 6.71. The van der Waals surface area contributed by atoms with E-state index < -0.39 is 5.92 Å². The van der Waals surface area contributed by atoms with Crippen LogP contribution in [0.15, 0.2) is 47.9 Å². The van der Waals surface area contributed by atoms with Crippen LogP contribution in [0.25, 0.3) is 11.3 Å². The standard InChI is InChI=1S/C22H19FN4O4/c1-28-15-8-12(9-16(29-2)20(15)30-3)17-14(10-24)21(25)31-22-18(17)19(26-27-22)11-4-6-13(23)7-5-11/h4-9,17H,25H2,1-3H3,(H,26,27). The molecule has 1 unspecified atom stereocenters. The van der Waals surface area contributed by atoms with Crippen LogP contribution < -0.4 is 24.7 Å². The number of nitrogens with zero attached hydrogens (tertiary/aromatic N) is 2. The predicted molar refractivity (Wildman–Crippen MR) is 109 cm³/mol. The van der Waals surface area contributed by atoms with Crippen molar-refractivity contribution in [2.75, 3.05) is 21.3 Å². The number of aromatic nitrogens is 2. The first-order valence-electron chi connectivity index (χ1n) is 9.24. The summed E-state index contributed by atoms with van der Waals surface area (Å²) in [5.74, 6) is 0.445. The summed E-state index contributed by atoms with van der Waals surface area (Å²) in [5, 5.41) is 17.0. The minimum atomic E-state index is -0.638. The summed E-state index contributed by atoms with van der Waals surface area (Å²) >= 11 is 0. The fourth-order valence-corrected chi connectivity index (χ4v) is 3.68. The second kappa shape index (κ2) is 7.91. The quantitative estimate of drug-likeness (QED) is 0.647. The van der Waals surface area contributed by atoms with Crippen molar-refractivity contribution in [3.05, 3.63) is 64.8 Å². The molecular formula is C22H19FN4O4. The van der Waals surface area contributed by atoms with Crippen molar-refractivity contribution in [1.29, 1.82) is 5.26 Å². The molecule has 0 aliphatic carbocycles. The number of ether oxygens (including phenoxy) is 4. The van der Waals surface area contributed by atoms with Crippen LogP contribution in [0.3, 0.4) is 0 Å². The molecule has 1 aliphatic rings. The van der Waals surface area contributed by atoms with E-state index in [4.69, 9.17) is 24.7 Å². The number of halogens is 1. The monoisotopic (exact) mass is 422 g/mol. The summed E-state index contributed by atoms with van der Waals surface area (Å²) in [4.78, 5) is 0. The SMILES string of the molecule is COc1cc(C2C(C#N)=C(N)Oc3n[nH]c(-c4ccc(F)cc4)c32)cc(OC)c1OC. The van der Waals surface area contributed by atoms with E-state index in [0.29, 0.717) is 39.6 Å². The molecule has 3 aromatic rings. The Kier molecular flexibility index (Phi) is 5.13. The van der Waals surface area contributed by atoms with Crippen LogP contribution >= 0.6 is 0 Å². The van der Waals surface area contributed by atoms with E-state index in [2.05, 4.69) is 16.3 Å². The molecule has 1 aromatic heterocycles. The molecule has 2 aromatic carbocycles. The maximum atomic E-state index is 13.5. The van der Waals surface area contributed by atoms with Gasteiger partial charge in [0.25, 0.3) is 0 Å². The van der Waals surface area contributed by atoms with Gasteiger partial charge in [0.05, 0.1) is 38.5 Å². The first-order valence-corrected chi connectivity index (χ1v) is 9.24. The molecular weight excluding hydrogens is 403 g/mol. The highest BCUT2D eigenvalue weighted by Gasteiger charge is 2.36. The number of methoxy groups -OCH3 is 3. The van der Waals surface area contributed by atoms with Gasteiger partial charge in [-0.3, -0.25) is 5.10 Å². The summed E-state index contributed by atoms with van der Waals surface area (Å²) < 4.78 is 35.4. The normalized spacial score (nSPS) is 15.0. The Morgan fingerprint density at radius 2 is 1.74 bits per heavy atom. The van der Waals surface area contributed by atoms with Crippen LogP contribution in [-0.4, -0.2) is 31.5 Å². The molecule has 31 heavy (non-hydrogen) atoms. The first kappa shape index (κ1) is 20.1. The largest absolute Gasteiger partial charge is 0.493 e. The lowest BCUT2D eigenvalue weighted by Crippen LogP contribution is -2.21. The molecule has 2 heterocycles. The molecule has 4 rings (SSSR count). The van der Waals surface area contributed by atoms with Gasteiger partial charge in [-0.1, -0.05) is 0 Å². The number of H-pyrrole nitrogens is 1. The fraction of sp³-hybridized carbons (Fsp3) is 0.182. The van der Waals surface area contributed by atoms with Gasteiger partial charge in [0.2, 0.25) is 17.5 Å². The predicted octanol–water partition coefficient (Wildman–Crippen LogP) is 3.46. The van der Waals surface area contributed by atoms with Gasteiger partial charge in [-0.2, -0.15) is 5.26 Å². The number of benzene rings is 2. The van der Waals surface area contributed by atoms with Crippen molar-refractivity contribution in [3.63, 3.8) is 0 Å². The molecule has 0 fully saturated rings. The molecule has 0 bridgehead atoms. The zero-order chi connectivity index (χ0) is 22.1. The number of aromatic amines is 1. The highest BCUT2D eigenvalue weighted by Crippen LogP contribution is 2.49. The number of rotatable bonds is 5. The highest BCUT2D eigenvalue weighted by molar-refractivity contribution is 5.71. The number of nitriles is 1. The summed E-state index contributed by atoms with van der Waals surface area (Å²) in [5.41, 5.74) is 8.74. The average molecular weight is 422 g/mol. The average Bonchev–Trinajstić information content (AvgIpc) is 3.20. The Morgan fingerprint density at radius 1 is 1.10 bits per heavy atom. The van der Waals surface area contributed by atoms with Gasteiger partial charge in [0, 0.05) is 5.56 Å². The van der Waals surface area contributed by atoms with Crippen LogP contribution in [-0.2, 0) is 0 Å². The number of fused-ring (bicyclic) bond motifs is 1. The Balaban J connectivity index is 1.97. The van der Waals surface area contributed by atoms with Gasteiger partial charge < -0.3 is 24.7 Å². The van der Waals surface area contributed by atoms with Crippen molar-refractivity contribution in [3.8, 4) is 40.5 Å². The number of nitrogens with two attached hydrogens (primary N) is 1. The third kappa shape index (κ3) is 3.28. The van der Waals surface area contributed by atoms with Crippen molar-refractivity contribution in [2.24, 2.45) is 5.73 Å². The molecule has 0 saturated carbocycles. The minimum absolute atomic E-state index is 0.0501. The molecule has 3 N–H and O–H groups in total. The van der Waals surface area contributed by atoms with E-state index in [1.807, 2.05) is 0 Å². The number of nitrogens with one attached hydrogen (secondary N) is 1. The van der Waals surface area contributed by atoms with Gasteiger partial charge in [-0.25, -0.2) is 4.39 Å².